The van der Waals surface area contributed by atoms with Gasteiger partial charge in [0, 0.05) is 5.02 Å². The standard InChI is InChI=1S/C16H13Cl3N2/c1-9-3-6-14-13(7-9)20-16(10(2)17)21(14)15-8-11(18)4-5-12(15)19/h3-8,10H,1-2H3. The van der Waals surface area contributed by atoms with Crippen LogP contribution in [0.25, 0.3) is 16.7 Å². The Kier molecular flexibility index (Phi) is 3.87. The number of nitrogens with zero attached hydrogens (tertiary/aromatic N) is 2. The summed E-state index contributed by atoms with van der Waals surface area (Å²) in [6, 6.07) is 11.5. The van der Waals surface area contributed by atoms with Crippen molar-refractivity contribution in [2.24, 2.45) is 0 Å². The molecule has 21 heavy (non-hydrogen) atoms. The topological polar surface area (TPSA) is 17.8 Å². The highest BCUT2D eigenvalue weighted by Gasteiger charge is 2.18. The lowest BCUT2D eigenvalue weighted by Gasteiger charge is -2.12. The molecule has 0 N–H and O–H groups in total. The van der Waals surface area contributed by atoms with Crippen molar-refractivity contribution in [3.05, 3.63) is 57.8 Å². The van der Waals surface area contributed by atoms with Crippen LogP contribution in [-0.2, 0) is 0 Å². The van der Waals surface area contributed by atoms with Crippen molar-refractivity contribution in [1.82, 2.24) is 9.55 Å². The monoisotopic (exact) mass is 338 g/mol. The van der Waals surface area contributed by atoms with Crippen LogP contribution < -0.4 is 0 Å². The van der Waals surface area contributed by atoms with Gasteiger partial charge >= 0.3 is 0 Å². The molecule has 0 saturated carbocycles. The summed E-state index contributed by atoms with van der Waals surface area (Å²) in [5.41, 5.74) is 3.80. The van der Waals surface area contributed by atoms with E-state index in [1.165, 1.54) is 0 Å². The second-order valence-electron chi connectivity index (χ2n) is 5.01. The quantitative estimate of drug-likeness (QED) is 0.528. The van der Waals surface area contributed by atoms with Crippen LogP contribution in [0, 0.1) is 6.92 Å². The molecule has 1 heterocycles. The first-order valence-corrected chi connectivity index (χ1v) is 7.75. The highest BCUT2D eigenvalue weighted by Crippen LogP contribution is 2.33. The van der Waals surface area contributed by atoms with E-state index in [4.69, 9.17) is 34.8 Å². The number of halogens is 3. The molecular weight excluding hydrogens is 327 g/mol. The molecule has 0 bridgehead atoms. The molecule has 0 spiro atoms. The van der Waals surface area contributed by atoms with Gasteiger partial charge in [0.05, 0.1) is 27.1 Å². The van der Waals surface area contributed by atoms with Crippen LogP contribution in [0.15, 0.2) is 36.4 Å². The predicted molar refractivity (Wildman–Crippen MR) is 90.1 cm³/mol. The zero-order valence-corrected chi connectivity index (χ0v) is 13.8. The fraction of sp³-hybridized carbons (Fsp3) is 0.188. The van der Waals surface area contributed by atoms with Crippen molar-refractivity contribution < 1.29 is 0 Å². The average molecular weight is 340 g/mol. The lowest BCUT2D eigenvalue weighted by atomic mass is 10.2. The molecule has 0 radical (unpaired) electrons. The minimum Gasteiger partial charge on any atom is -0.293 e. The summed E-state index contributed by atoms with van der Waals surface area (Å²) in [5, 5.41) is 0.988. The number of rotatable bonds is 2. The van der Waals surface area contributed by atoms with E-state index < -0.39 is 0 Å². The molecule has 1 unspecified atom stereocenters. The van der Waals surface area contributed by atoms with Gasteiger partial charge in [-0.05, 0) is 49.7 Å². The maximum atomic E-state index is 6.35. The summed E-state index contributed by atoms with van der Waals surface area (Å²) < 4.78 is 1.97. The minimum atomic E-state index is -0.243. The lowest BCUT2D eigenvalue weighted by molar-refractivity contribution is 0.883. The summed E-state index contributed by atoms with van der Waals surface area (Å²) >= 11 is 18.8. The van der Waals surface area contributed by atoms with Gasteiger partial charge in [-0.25, -0.2) is 4.98 Å². The third kappa shape index (κ3) is 2.64. The lowest BCUT2D eigenvalue weighted by Crippen LogP contribution is -2.02. The number of alkyl halides is 1. The van der Waals surface area contributed by atoms with E-state index in [1.807, 2.05) is 42.7 Å². The van der Waals surface area contributed by atoms with E-state index in [0.717, 1.165) is 28.1 Å². The molecule has 3 rings (SSSR count). The van der Waals surface area contributed by atoms with Gasteiger partial charge in [-0.3, -0.25) is 4.57 Å². The second-order valence-corrected chi connectivity index (χ2v) is 6.51. The second kappa shape index (κ2) is 5.53. The van der Waals surface area contributed by atoms with Crippen molar-refractivity contribution in [3.8, 4) is 5.69 Å². The van der Waals surface area contributed by atoms with Crippen LogP contribution in [0.1, 0.15) is 23.7 Å². The van der Waals surface area contributed by atoms with E-state index in [9.17, 15) is 0 Å². The van der Waals surface area contributed by atoms with Crippen LogP contribution in [0.5, 0.6) is 0 Å². The van der Waals surface area contributed by atoms with E-state index in [-0.39, 0.29) is 5.38 Å². The maximum Gasteiger partial charge on any atom is 0.132 e. The molecule has 2 aromatic carbocycles. The van der Waals surface area contributed by atoms with E-state index in [0.29, 0.717) is 10.0 Å². The van der Waals surface area contributed by atoms with Gasteiger partial charge in [-0.1, -0.05) is 29.3 Å². The van der Waals surface area contributed by atoms with Crippen LogP contribution in [-0.4, -0.2) is 9.55 Å². The van der Waals surface area contributed by atoms with Gasteiger partial charge in [0.2, 0.25) is 0 Å². The summed E-state index contributed by atoms with van der Waals surface area (Å²) in [4.78, 5) is 4.65. The van der Waals surface area contributed by atoms with Crippen LogP contribution in [0.4, 0.5) is 0 Å². The fourth-order valence-electron chi connectivity index (χ4n) is 2.39. The number of imidazole rings is 1. The SMILES string of the molecule is Cc1ccc2c(c1)nc(C(C)Cl)n2-c1cc(Cl)ccc1Cl. The third-order valence-electron chi connectivity index (χ3n) is 3.34. The third-order valence-corrected chi connectivity index (χ3v) is 4.09. The van der Waals surface area contributed by atoms with Gasteiger partial charge in [0.25, 0.3) is 0 Å². The summed E-state index contributed by atoms with van der Waals surface area (Å²) in [7, 11) is 0. The molecule has 2 nitrogen and oxygen atoms in total. The van der Waals surface area contributed by atoms with E-state index >= 15 is 0 Å². The number of fused-ring (bicyclic) bond motifs is 1. The number of hydrogen-bond donors (Lipinski definition) is 0. The van der Waals surface area contributed by atoms with Gasteiger partial charge in [0.1, 0.15) is 5.82 Å². The first-order chi connectivity index (χ1) is 9.97. The highest BCUT2D eigenvalue weighted by molar-refractivity contribution is 6.34. The molecule has 1 aromatic heterocycles. The molecular formula is C16H13Cl3N2. The van der Waals surface area contributed by atoms with Crippen molar-refractivity contribution in [1.29, 1.82) is 0 Å². The molecule has 1 atom stereocenters. The molecule has 0 aliphatic rings. The molecule has 3 aromatic rings. The summed E-state index contributed by atoms with van der Waals surface area (Å²) in [5.74, 6) is 0.751. The molecule has 5 heteroatoms. The Labute approximate surface area is 138 Å². The smallest absolute Gasteiger partial charge is 0.132 e. The van der Waals surface area contributed by atoms with Gasteiger partial charge in [-0.15, -0.1) is 11.6 Å². The van der Waals surface area contributed by atoms with Crippen LogP contribution in [0.3, 0.4) is 0 Å². The summed E-state index contributed by atoms with van der Waals surface area (Å²) in [6.45, 7) is 3.93. The van der Waals surface area contributed by atoms with Crippen molar-refractivity contribution in [3.63, 3.8) is 0 Å². The van der Waals surface area contributed by atoms with Crippen LogP contribution >= 0.6 is 34.8 Å². The van der Waals surface area contributed by atoms with Crippen LogP contribution in [0.2, 0.25) is 10.0 Å². The molecule has 108 valence electrons. The Hall–Kier alpha value is -1.22. The van der Waals surface area contributed by atoms with Crippen molar-refractivity contribution in [2.45, 2.75) is 19.2 Å². The Balaban J connectivity index is 2.39. The predicted octanol–water partition coefficient (Wildman–Crippen LogP) is 5.94. The summed E-state index contributed by atoms with van der Waals surface area (Å²) in [6.07, 6.45) is 0. The Morgan fingerprint density at radius 1 is 1.10 bits per heavy atom. The number of hydrogen-bond acceptors (Lipinski definition) is 1. The van der Waals surface area contributed by atoms with Gasteiger partial charge in [-0.2, -0.15) is 0 Å². The normalized spacial score (nSPS) is 12.8. The largest absolute Gasteiger partial charge is 0.293 e. The van der Waals surface area contributed by atoms with Gasteiger partial charge < -0.3 is 0 Å². The maximum absolute atomic E-state index is 6.35. The fourth-order valence-corrected chi connectivity index (χ4v) is 2.90. The van der Waals surface area contributed by atoms with Crippen molar-refractivity contribution in [2.75, 3.05) is 0 Å². The zero-order valence-electron chi connectivity index (χ0n) is 11.6. The zero-order chi connectivity index (χ0) is 15.1. The first-order valence-electron chi connectivity index (χ1n) is 6.56. The number of aryl methyl sites for hydroxylation is 1. The Morgan fingerprint density at radius 2 is 1.86 bits per heavy atom. The Morgan fingerprint density at radius 3 is 2.57 bits per heavy atom. The highest BCUT2D eigenvalue weighted by atomic mass is 35.5. The molecule has 0 fully saturated rings. The number of aromatic nitrogens is 2. The van der Waals surface area contributed by atoms with Gasteiger partial charge in [0.15, 0.2) is 0 Å². The Bertz CT molecular complexity index is 822. The molecule has 0 saturated heterocycles. The van der Waals surface area contributed by atoms with Crippen molar-refractivity contribution >= 4 is 45.8 Å². The van der Waals surface area contributed by atoms with E-state index in [2.05, 4.69) is 4.98 Å². The minimum absolute atomic E-state index is 0.243. The average Bonchev–Trinajstić information content (AvgIpc) is 2.80. The van der Waals surface area contributed by atoms with E-state index in [1.54, 1.807) is 12.1 Å². The first kappa shape index (κ1) is 14.7. The molecule has 0 aliphatic heterocycles. The molecule has 0 aliphatic carbocycles. The number of benzene rings is 2. The molecule has 0 amide bonds.